The van der Waals surface area contributed by atoms with Crippen molar-refractivity contribution >= 4 is 11.1 Å². The zero-order valence-corrected chi connectivity index (χ0v) is 9.96. The molecule has 0 spiro atoms. The van der Waals surface area contributed by atoms with Crippen molar-refractivity contribution in [3.05, 3.63) is 47.4 Å². The number of halogens is 1. The predicted molar refractivity (Wildman–Crippen MR) is 63.5 cm³/mol. The first-order valence-electron chi connectivity index (χ1n) is 5.04. The molecule has 1 unspecified atom stereocenters. The molecular weight excluding hydrogens is 255 g/mol. The molecule has 1 aromatic heterocycles. The Morgan fingerprint density at radius 2 is 2.06 bits per heavy atom. The molecule has 1 N–H and O–H groups in total. The third-order valence-electron chi connectivity index (χ3n) is 2.44. The minimum atomic E-state index is -2.27. The van der Waals surface area contributed by atoms with Gasteiger partial charge in [-0.1, -0.05) is 0 Å². The standard InChI is InChI=1S/C12H9FN2O2S/c13-10-3-1-8(2-4-10)11-5-9(6-14)12(15-11)7-18(16)17/h1-5,15H,7H2,(H,16,17)/p-1. The van der Waals surface area contributed by atoms with Crippen molar-refractivity contribution in [1.29, 1.82) is 5.26 Å². The maximum Gasteiger partial charge on any atom is 0.123 e. The Bertz CT molecular complexity index is 629. The Kier molecular flexibility index (Phi) is 3.55. The molecular formula is C12H8FN2O2S-. The monoisotopic (exact) mass is 263 g/mol. The minimum Gasteiger partial charge on any atom is -0.772 e. The summed E-state index contributed by atoms with van der Waals surface area (Å²) < 4.78 is 34.1. The van der Waals surface area contributed by atoms with Crippen molar-refractivity contribution in [2.45, 2.75) is 5.75 Å². The van der Waals surface area contributed by atoms with E-state index in [1.165, 1.54) is 12.1 Å². The van der Waals surface area contributed by atoms with Gasteiger partial charge in [-0.3, -0.25) is 4.21 Å². The molecule has 0 radical (unpaired) electrons. The molecule has 0 amide bonds. The maximum absolute atomic E-state index is 12.8. The first-order chi connectivity index (χ1) is 8.60. The Labute approximate surface area is 105 Å². The molecule has 18 heavy (non-hydrogen) atoms. The molecule has 0 aliphatic rings. The van der Waals surface area contributed by atoms with Gasteiger partial charge in [-0.2, -0.15) is 5.26 Å². The zero-order chi connectivity index (χ0) is 13.1. The number of nitrogens with zero attached hydrogens (tertiary/aromatic N) is 1. The fourth-order valence-corrected chi connectivity index (χ4v) is 2.08. The number of H-pyrrole nitrogens is 1. The van der Waals surface area contributed by atoms with Crippen LogP contribution in [0.5, 0.6) is 0 Å². The van der Waals surface area contributed by atoms with E-state index in [-0.39, 0.29) is 17.1 Å². The second-order valence-electron chi connectivity index (χ2n) is 3.64. The molecule has 0 aliphatic heterocycles. The van der Waals surface area contributed by atoms with Gasteiger partial charge in [0.1, 0.15) is 11.9 Å². The van der Waals surface area contributed by atoms with Crippen molar-refractivity contribution in [3.63, 3.8) is 0 Å². The van der Waals surface area contributed by atoms with Crippen LogP contribution in [0.15, 0.2) is 30.3 Å². The summed E-state index contributed by atoms with van der Waals surface area (Å²) in [6, 6.07) is 9.18. The van der Waals surface area contributed by atoms with Gasteiger partial charge in [0.25, 0.3) is 0 Å². The van der Waals surface area contributed by atoms with E-state index in [1.54, 1.807) is 18.2 Å². The summed E-state index contributed by atoms with van der Waals surface area (Å²) >= 11 is -2.27. The van der Waals surface area contributed by atoms with Crippen LogP contribution in [0.1, 0.15) is 11.3 Å². The number of nitriles is 1. The number of nitrogens with one attached hydrogen (secondary N) is 1. The van der Waals surface area contributed by atoms with E-state index in [1.807, 2.05) is 6.07 Å². The van der Waals surface area contributed by atoms with Gasteiger partial charge in [0.15, 0.2) is 0 Å². The van der Waals surface area contributed by atoms with Crippen LogP contribution >= 0.6 is 0 Å². The summed E-state index contributed by atoms with van der Waals surface area (Å²) in [7, 11) is 0. The number of hydrogen-bond donors (Lipinski definition) is 1. The first kappa shape index (κ1) is 12.5. The van der Waals surface area contributed by atoms with Gasteiger partial charge in [-0.05, 0) is 47.0 Å². The van der Waals surface area contributed by atoms with E-state index < -0.39 is 11.1 Å². The molecule has 92 valence electrons. The van der Waals surface area contributed by atoms with Gasteiger partial charge in [0.2, 0.25) is 0 Å². The highest BCUT2D eigenvalue weighted by Gasteiger charge is 2.09. The second kappa shape index (κ2) is 5.12. The number of aromatic amines is 1. The third-order valence-corrected chi connectivity index (χ3v) is 2.96. The lowest BCUT2D eigenvalue weighted by Crippen LogP contribution is -1.95. The van der Waals surface area contributed by atoms with Gasteiger partial charge >= 0.3 is 0 Å². The van der Waals surface area contributed by atoms with Gasteiger partial charge in [-0.25, -0.2) is 4.39 Å². The van der Waals surface area contributed by atoms with Crippen LogP contribution in [-0.4, -0.2) is 13.7 Å². The Morgan fingerprint density at radius 3 is 2.61 bits per heavy atom. The fourth-order valence-electron chi connectivity index (χ4n) is 1.61. The van der Waals surface area contributed by atoms with Crippen molar-refractivity contribution in [1.82, 2.24) is 4.98 Å². The lowest BCUT2D eigenvalue weighted by molar-refractivity contribution is 0.535. The molecule has 1 atom stereocenters. The van der Waals surface area contributed by atoms with Crippen LogP contribution in [0.4, 0.5) is 4.39 Å². The highest BCUT2D eigenvalue weighted by molar-refractivity contribution is 7.78. The van der Waals surface area contributed by atoms with E-state index in [4.69, 9.17) is 5.26 Å². The molecule has 0 saturated carbocycles. The van der Waals surface area contributed by atoms with Crippen molar-refractivity contribution in [2.75, 3.05) is 0 Å². The molecule has 0 aliphatic carbocycles. The van der Waals surface area contributed by atoms with Gasteiger partial charge in [0, 0.05) is 11.4 Å². The Balaban J connectivity index is 2.41. The van der Waals surface area contributed by atoms with Crippen LogP contribution in [0.25, 0.3) is 11.3 Å². The van der Waals surface area contributed by atoms with Crippen molar-refractivity contribution in [2.24, 2.45) is 0 Å². The molecule has 2 rings (SSSR count). The number of hydrogen-bond acceptors (Lipinski definition) is 3. The largest absolute Gasteiger partial charge is 0.772 e. The van der Waals surface area contributed by atoms with E-state index >= 15 is 0 Å². The van der Waals surface area contributed by atoms with E-state index in [9.17, 15) is 13.2 Å². The van der Waals surface area contributed by atoms with Crippen LogP contribution in [-0.2, 0) is 16.8 Å². The van der Waals surface area contributed by atoms with Crippen LogP contribution < -0.4 is 0 Å². The molecule has 1 aromatic carbocycles. The summed E-state index contributed by atoms with van der Waals surface area (Å²) in [4.78, 5) is 2.86. The lowest BCUT2D eigenvalue weighted by atomic mass is 10.1. The maximum atomic E-state index is 12.8. The average molecular weight is 263 g/mol. The normalized spacial score (nSPS) is 12.1. The van der Waals surface area contributed by atoms with Crippen molar-refractivity contribution in [3.8, 4) is 17.3 Å². The second-order valence-corrected chi connectivity index (χ2v) is 4.54. The van der Waals surface area contributed by atoms with Crippen LogP contribution in [0.2, 0.25) is 0 Å². The molecule has 2 aromatic rings. The first-order valence-corrected chi connectivity index (χ1v) is 6.28. The minimum absolute atomic E-state index is 0.246. The smallest absolute Gasteiger partial charge is 0.123 e. The van der Waals surface area contributed by atoms with E-state index in [2.05, 4.69) is 4.98 Å². The summed E-state index contributed by atoms with van der Waals surface area (Å²) in [5.74, 6) is -0.601. The predicted octanol–water partition coefficient (Wildman–Crippen LogP) is 2.07. The summed E-state index contributed by atoms with van der Waals surface area (Å²) in [5, 5.41) is 8.90. The summed E-state index contributed by atoms with van der Waals surface area (Å²) in [6.45, 7) is 0. The highest BCUT2D eigenvalue weighted by atomic mass is 32.2. The van der Waals surface area contributed by atoms with E-state index in [0.29, 0.717) is 17.0 Å². The fraction of sp³-hybridized carbons (Fsp3) is 0.0833. The molecule has 0 saturated heterocycles. The molecule has 0 fully saturated rings. The number of rotatable bonds is 3. The van der Waals surface area contributed by atoms with E-state index in [0.717, 1.165) is 0 Å². The lowest BCUT2D eigenvalue weighted by Gasteiger charge is -2.03. The topological polar surface area (TPSA) is 79.7 Å². The molecule has 6 heteroatoms. The number of aromatic nitrogens is 1. The van der Waals surface area contributed by atoms with Gasteiger partial charge in [-0.15, -0.1) is 0 Å². The average Bonchev–Trinajstić information content (AvgIpc) is 2.72. The Hall–Kier alpha value is -1.97. The SMILES string of the molecule is N#Cc1cc(-c2ccc(F)cc2)[nH]c1CS(=O)[O-]. The summed E-state index contributed by atoms with van der Waals surface area (Å²) in [5.41, 5.74) is 1.89. The third kappa shape index (κ3) is 2.64. The quantitative estimate of drug-likeness (QED) is 0.861. The van der Waals surface area contributed by atoms with Gasteiger partial charge in [0.05, 0.1) is 11.3 Å². The molecule has 1 heterocycles. The zero-order valence-electron chi connectivity index (χ0n) is 9.14. The van der Waals surface area contributed by atoms with Crippen LogP contribution in [0, 0.1) is 17.1 Å². The Morgan fingerprint density at radius 1 is 1.39 bits per heavy atom. The van der Waals surface area contributed by atoms with Crippen LogP contribution in [0.3, 0.4) is 0 Å². The van der Waals surface area contributed by atoms with Gasteiger partial charge < -0.3 is 9.54 Å². The summed E-state index contributed by atoms with van der Waals surface area (Å²) in [6.07, 6.45) is 0. The molecule has 4 nitrogen and oxygen atoms in total. The highest BCUT2D eigenvalue weighted by Crippen LogP contribution is 2.22. The van der Waals surface area contributed by atoms with Crippen molar-refractivity contribution < 1.29 is 13.2 Å². The number of benzene rings is 1. The molecule has 0 bridgehead atoms.